The highest BCUT2D eigenvalue weighted by molar-refractivity contribution is 5.78. The fraction of sp³-hybridized carbons (Fsp3) is 0.667. The summed E-state index contributed by atoms with van der Waals surface area (Å²) in [6.45, 7) is 4.75. The van der Waals surface area contributed by atoms with Crippen molar-refractivity contribution < 1.29 is 9.53 Å². The zero-order chi connectivity index (χ0) is 16.7. The smallest absolute Gasteiger partial charge is 0.406 e. The van der Waals surface area contributed by atoms with E-state index < -0.39 is 0 Å². The number of nitrogens with one attached hydrogen (secondary N) is 2. The highest BCUT2D eigenvalue weighted by Gasteiger charge is 2.51. The number of rotatable bonds is 7. The summed E-state index contributed by atoms with van der Waals surface area (Å²) in [5.41, 5.74) is 3.90. The van der Waals surface area contributed by atoms with Gasteiger partial charge in [-0.1, -0.05) is 6.92 Å². The van der Waals surface area contributed by atoms with Crippen LogP contribution in [0, 0.1) is 11.8 Å². The summed E-state index contributed by atoms with van der Waals surface area (Å²) in [7, 11) is 1.39. The van der Waals surface area contributed by atoms with Crippen LogP contribution in [-0.4, -0.2) is 36.6 Å². The standard InChI is InChI=1S/C18H26N4O2/c1-11-14-9-21-16-12(8-20-13-4-5-13)10-22(17(16)15(11)14)7-3-6-19-18(23)24-2/h9-11,13-15,20H,3-8H2,1-2H3,(H,19,23). The lowest BCUT2D eigenvalue weighted by molar-refractivity contribution is 0.171. The fourth-order valence-electron chi connectivity index (χ4n) is 3.80. The van der Waals surface area contributed by atoms with Gasteiger partial charge in [0.2, 0.25) is 0 Å². The van der Waals surface area contributed by atoms with Crippen molar-refractivity contribution in [1.29, 1.82) is 0 Å². The maximum atomic E-state index is 11.1. The van der Waals surface area contributed by atoms with Crippen molar-refractivity contribution in [1.82, 2.24) is 15.2 Å². The van der Waals surface area contributed by atoms with E-state index in [4.69, 9.17) is 4.99 Å². The third-order valence-corrected chi connectivity index (χ3v) is 5.50. The summed E-state index contributed by atoms with van der Waals surface area (Å²) in [6, 6.07) is 0.702. The largest absolute Gasteiger partial charge is 0.453 e. The molecule has 3 unspecified atom stereocenters. The molecular weight excluding hydrogens is 304 g/mol. The van der Waals surface area contributed by atoms with Gasteiger partial charge in [0, 0.05) is 61.2 Å². The van der Waals surface area contributed by atoms with Crippen molar-refractivity contribution in [3.63, 3.8) is 0 Å². The molecule has 0 aromatic carbocycles. The molecule has 3 atom stereocenters. The number of nitrogens with zero attached hydrogens (tertiary/aromatic N) is 2. The maximum absolute atomic E-state index is 11.1. The zero-order valence-electron chi connectivity index (χ0n) is 14.4. The molecule has 6 nitrogen and oxygen atoms in total. The second kappa shape index (κ2) is 6.24. The number of carbonyl (C=O) groups is 1. The fourth-order valence-corrected chi connectivity index (χ4v) is 3.80. The molecule has 4 rings (SSSR count). The van der Waals surface area contributed by atoms with Gasteiger partial charge in [-0.3, -0.25) is 4.99 Å². The lowest BCUT2D eigenvalue weighted by Crippen LogP contribution is -2.24. The Labute approximate surface area is 142 Å². The Bertz CT molecular complexity index is 662. The van der Waals surface area contributed by atoms with Gasteiger partial charge < -0.3 is 19.9 Å². The van der Waals surface area contributed by atoms with Crippen molar-refractivity contribution in [3.8, 4) is 0 Å². The molecule has 2 N–H and O–H groups in total. The summed E-state index contributed by atoms with van der Waals surface area (Å²) in [6.07, 6.45) is 7.55. The van der Waals surface area contributed by atoms with Crippen LogP contribution in [0.3, 0.4) is 0 Å². The second-order valence-electron chi connectivity index (χ2n) is 7.25. The zero-order valence-corrected chi connectivity index (χ0v) is 14.4. The molecular formula is C18H26N4O2. The first-order valence-corrected chi connectivity index (χ1v) is 9.00. The molecule has 24 heavy (non-hydrogen) atoms. The van der Waals surface area contributed by atoms with Crippen LogP contribution >= 0.6 is 0 Å². The van der Waals surface area contributed by atoms with Crippen LogP contribution < -0.4 is 10.6 Å². The summed E-state index contributed by atoms with van der Waals surface area (Å²) >= 11 is 0. The Morgan fingerprint density at radius 2 is 2.29 bits per heavy atom. The molecule has 2 fully saturated rings. The lowest BCUT2D eigenvalue weighted by Gasteiger charge is -2.12. The van der Waals surface area contributed by atoms with Gasteiger partial charge in [-0.05, 0) is 25.2 Å². The number of aliphatic imine (C=N–C) groups is 1. The summed E-state index contributed by atoms with van der Waals surface area (Å²) < 4.78 is 6.98. The summed E-state index contributed by atoms with van der Waals surface area (Å²) in [5, 5.41) is 6.36. The molecule has 3 aliphatic rings. The number of aromatic nitrogens is 1. The Morgan fingerprint density at radius 1 is 1.46 bits per heavy atom. The van der Waals surface area contributed by atoms with Crippen molar-refractivity contribution in [2.75, 3.05) is 13.7 Å². The number of carbonyl (C=O) groups excluding carboxylic acids is 1. The number of amides is 1. The predicted octanol–water partition coefficient (Wildman–Crippen LogP) is 2.55. The van der Waals surface area contributed by atoms with E-state index in [9.17, 15) is 4.79 Å². The van der Waals surface area contributed by atoms with Crippen molar-refractivity contribution in [2.45, 2.75) is 51.2 Å². The molecule has 0 spiro atoms. The van der Waals surface area contributed by atoms with Gasteiger partial charge in [0.15, 0.2) is 0 Å². The summed E-state index contributed by atoms with van der Waals surface area (Å²) in [5.74, 6) is 1.94. The second-order valence-corrected chi connectivity index (χ2v) is 7.25. The molecule has 130 valence electrons. The minimum Gasteiger partial charge on any atom is -0.453 e. The molecule has 1 aromatic heterocycles. The van der Waals surface area contributed by atoms with Crippen molar-refractivity contribution in [3.05, 3.63) is 17.5 Å². The first-order valence-electron chi connectivity index (χ1n) is 9.00. The van der Waals surface area contributed by atoms with Crippen LogP contribution in [0.5, 0.6) is 0 Å². The quantitative estimate of drug-likeness (QED) is 0.755. The molecule has 1 amide bonds. The molecule has 2 aliphatic carbocycles. The first kappa shape index (κ1) is 15.7. The molecule has 2 saturated carbocycles. The summed E-state index contributed by atoms with van der Waals surface area (Å²) in [4.78, 5) is 15.9. The third-order valence-electron chi connectivity index (χ3n) is 5.50. The van der Waals surface area contributed by atoms with E-state index in [0.29, 0.717) is 30.3 Å². The number of hydrogen-bond acceptors (Lipinski definition) is 4. The van der Waals surface area contributed by atoms with Crippen molar-refractivity contribution in [2.24, 2.45) is 16.8 Å². The van der Waals surface area contributed by atoms with Crippen LogP contribution in [0.2, 0.25) is 0 Å². The Hall–Kier alpha value is -1.82. The average Bonchev–Trinajstić information content (AvgIpc) is 3.50. The van der Waals surface area contributed by atoms with Crippen LogP contribution in [0.15, 0.2) is 11.2 Å². The molecule has 2 heterocycles. The topological polar surface area (TPSA) is 67.7 Å². The number of ether oxygens (including phenoxy) is 1. The Balaban J connectivity index is 1.46. The average molecular weight is 330 g/mol. The molecule has 1 aromatic rings. The molecule has 0 radical (unpaired) electrons. The van der Waals surface area contributed by atoms with Gasteiger partial charge >= 0.3 is 6.09 Å². The molecule has 1 aliphatic heterocycles. The van der Waals surface area contributed by atoms with Gasteiger partial charge in [-0.2, -0.15) is 0 Å². The number of methoxy groups -OCH3 is 1. The van der Waals surface area contributed by atoms with Gasteiger partial charge in [0.25, 0.3) is 0 Å². The highest BCUT2D eigenvalue weighted by atomic mass is 16.5. The number of fused-ring (bicyclic) bond motifs is 3. The lowest BCUT2D eigenvalue weighted by atomic mass is 10.1. The van der Waals surface area contributed by atoms with Gasteiger partial charge in [0.05, 0.1) is 12.8 Å². The Kier molecular flexibility index (Phi) is 4.08. The minimum atomic E-state index is -0.362. The van der Waals surface area contributed by atoms with Crippen LogP contribution in [0.25, 0.3) is 0 Å². The Morgan fingerprint density at radius 3 is 3.04 bits per heavy atom. The maximum Gasteiger partial charge on any atom is 0.406 e. The molecule has 0 bridgehead atoms. The first-order chi connectivity index (χ1) is 11.7. The van der Waals surface area contributed by atoms with Gasteiger partial charge in [-0.25, -0.2) is 4.79 Å². The van der Waals surface area contributed by atoms with Crippen molar-refractivity contribution >= 4 is 18.0 Å². The highest BCUT2D eigenvalue weighted by Crippen LogP contribution is 2.58. The van der Waals surface area contributed by atoms with E-state index in [1.165, 1.54) is 36.9 Å². The van der Waals surface area contributed by atoms with E-state index >= 15 is 0 Å². The van der Waals surface area contributed by atoms with Gasteiger partial charge in [0.1, 0.15) is 0 Å². The number of alkyl carbamates (subject to hydrolysis) is 1. The number of aryl methyl sites for hydroxylation is 1. The molecule has 6 heteroatoms. The van der Waals surface area contributed by atoms with E-state index in [1.807, 2.05) is 0 Å². The van der Waals surface area contributed by atoms with Crippen LogP contribution in [-0.2, 0) is 17.8 Å². The van der Waals surface area contributed by atoms with E-state index in [0.717, 1.165) is 19.5 Å². The SMILES string of the molecule is COC(=O)NCCCn1cc(CNC2CC2)c2c1C1C(C)C1C=N2. The third kappa shape index (κ3) is 2.95. The predicted molar refractivity (Wildman–Crippen MR) is 92.9 cm³/mol. The normalized spacial score (nSPS) is 26.7. The van der Waals surface area contributed by atoms with E-state index in [2.05, 4.69) is 39.3 Å². The molecule has 0 saturated heterocycles. The number of hydrogen-bond donors (Lipinski definition) is 2. The monoisotopic (exact) mass is 330 g/mol. The van der Waals surface area contributed by atoms with Gasteiger partial charge in [-0.15, -0.1) is 0 Å². The van der Waals surface area contributed by atoms with Crippen LogP contribution in [0.4, 0.5) is 10.5 Å². The van der Waals surface area contributed by atoms with Crippen LogP contribution in [0.1, 0.15) is 43.4 Å². The minimum absolute atomic E-state index is 0.362. The van der Waals surface area contributed by atoms with E-state index in [1.54, 1.807) is 0 Å². The van der Waals surface area contributed by atoms with E-state index in [-0.39, 0.29) is 6.09 Å².